The van der Waals surface area contributed by atoms with E-state index in [4.69, 9.17) is 4.74 Å². The summed E-state index contributed by atoms with van der Waals surface area (Å²) < 4.78 is 5.16. The summed E-state index contributed by atoms with van der Waals surface area (Å²) in [5, 5.41) is 9.79. The van der Waals surface area contributed by atoms with Crippen molar-refractivity contribution in [3.8, 4) is 0 Å². The number of para-hydroxylation sites is 1. The summed E-state index contributed by atoms with van der Waals surface area (Å²) >= 11 is 0. The lowest BCUT2D eigenvalue weighted by molar-refractivity contribution is -0.124. The number of benzene rings is 2. The van der Waals surface area contributed by atoms with E-state index in [0.717, 1.165) is 22.0 Å². The minimum atomic E-state index is -0.781. The van der Waals surface area contributed by atoms with Crippen molar-refractivity contribution in [1.29, 1.82) is 0 Å². The van der Waals surface area contributed by atoms with E-state index in [2.05, 4.69) is 30.9 Å². The topological polar surface area (TPSA) is 141 Å². The zero-order chi connectivity index (χ0) is 29.4. The molecule has 4 rings (SSSR count). The van der Waals surface area contributed by atoms with Crippen LogP contribution in [0, 0.1) is 12.8 Å². The summed E-state index contributed by atoms with van der Waals surface area (Å²) in [6.45, 7) is 8.04. The van der Waals surface area contributed by atoms with E-state index in [1.807, 2.05) is 74.6 Å². The smallest absolute Gasteiger partial charge is 0.358 e. The molecule has 0 aliphatic heterocycles. The first-order valence-electron chi connectivity index (χ1n) is 13.9. The molecule has 1 unspecified atom stereocenters. The molecule has 5 N–H and O–H groups in total. The van der Waals surface area contributed by atoms with Crippen LogP contribution in [0.25, 0.3) is 10.9 Å². The van der Waals surface area contributed by atoms with Crippen LogP contribution in [0.5, 0.6) is 0 Å². The van der Waals surface area contributed by atoms with Crippen molar-refractivity contribution in [3.63, 3.8) is 0 Å². The van der Waals surface area contributed by atoms with Crippen LogP contribution in [0.15, 0.2) is 60.8 Å². The van der Waals surface area contributed by atoms with E-state index in [0.29, 0.717) is 30.9 Å². The van der Waals surface area contributed by atoms with Gasteiger partial charge in [0.25, 0.3) is 0 Å². The van der Waals surface area contributed by atoms with Crippen molar-refractivity contribution >= 4 is 28.8 Å². The molecule has 2 aromatic carbocycles. The minimum absolute atomic E-state index is 0.147. The zero-order valence-electron chi connectivity index (χ0n) is 23.9. The van der Waals surface area contributed by atoms with Gasteiger partial charge in [-0.15, -0.1) is 0 Å². The second-order valence-electron chi connectivity index (χ2n) is 10.4. The van der Waals surface area contributed by atoms with Crippen molar-refractivity contribution in [1.82, 2.24) is 30.9 Å². The lowest BCUT2D eigenvalue weighted by Crippen LogP contribution is -2.51. The summed E-state index contributed by atoms with van der Waals surface area (Å²) in [5.74, 6) is -0.293. The lowest BCUT2D eigenvalue weighted by atomic mass is 10.0. The lowest BCUT2D eigenvalue weighted by Gasteiger charge is -2.24. The summed E-state index contributed by atoms with van der Waals surface area (Å²) in [6, 6.07) is 15.7. The van der Waals surface area contributed by atoms with Gasteiger partial charge in [0.2, 0.25) is 5.91 Å². The van der Waals surface area contributed by atoms with Gasteiger partial charge in [-0.2, -0.15) is 0 Å². The average molecular weight is 559 g/mol. The number of hydrogen-bond donors (Lipinski definition) is 5. The Morgan fingerprint density at radius 2 is 1.73 bits per heavy atom. The highest BCUT2D eigenvalue weighted by atomic mass is 16.5. The molecular weight excluding hydrogens is 520 g/mol. The van der Waals surface area contributed by atoms with E-state index < -0.39 is 24.1 Å². The maximum Gasteiger partial charge on any atom is 0.358 e. The van der Waals surface area contributed by atoms with Crippen LogP contribution in [-0.4, -0.2) is 45.5 Å². The SMILES string of the molecule is CCOC(=O)c1nc([C@@H](Cc2c[nH]c3ccccc23)NC(=O)C(CC(C)C)NC(=O)NCc2ccccc2)[nH]c1C. The third-order valence-corrected chi connectivity index (χ3v) is 6.74. The number of H-pyrrole nitrogens is 2. The average Bonchev–Trinajstić information content (AvgIpc) is 3.55. The predicted octanol–water partition coefficient (Wildman–Crippen LogP) is 4.69. The number of aromatic nitrogens is 3. The Morgan fingerprint density at radius 3 is 2.46 bits per heavy atom. The first kappa shape index (κ1) is 29.4. The number of hydrogen-bond acceptors (Lipinski definition) is 5. The van der Waals surface area contributed by atoms with Crippen LogP contribution in [0.3, 0.4) is 0 Å². The Kier molecular flexibility index (Phi) is 9.78. The third kappa shape index (κ3) is 7.75. The summed E-state index contributed by atoms with van der Waals surface area (Å²) in [6.07, 6.45) is 2.75. The second kappa shape index (κ2) is 13.6. The molecule has 2 aromatic heterocycles. The fourth-order valence-corrected chi connectivity index (χ4v) is 4.75. The Morgan fingerprint density at radius 1 is 1.00 bits per heavy atom. The maximum atomic E-state index is 13.7. The number of carbonyl (C=O) groups excluding carboxylic acids is 3. The Hall–Kier alpha value is -4.60. The Labute approximate surface area is 239 Å². The molecule has 0 saturated heterocycles. The Balaban J connectivity index is 1.56. The van der Waals surface area contributed by atoms with Crippen LogP contribution >= 0.6 is 0 Å². The highest BCUT2D eigenvalue weighted by Crippen LogP contribution is 2.25. The number of amides is 3. The molecule has 4 aromatic rings. The number of nitrogens with one attached hydrogen (secondary N) is 5. The number of ether oxygens (including phenoxy) is 1. The molecular formula is C31H38N6O4. The van der Waals surface area contributed by atoms with Gasteiger partial charge in [-0.05, 0) is 43.4 Å². The van der Waals surface area contributed by atoms with Gasteiger partial charge in [0.15, 0.2) is 5.69 Å². The first-order chi connectivity index (χ1) is 19.7. The number of fused-ring (bicyclic) bond motifs is 1. The van der Waals surface area contributed by atoms with Crippen molar-refractivity contribution in [2.75, 3.05) is 6.61 Å². The monoisotopic (exact) mass is 558 g/mol. The maximum absolute atomic E-state index is 13.7. The molecule has 2 atom stereocenters. The van der Waals surface area contributed by atoms with Gasteiger partial charge in [-0.25, -0.2) is 14.6 Å². The standard InChI is InChI=1S/C31H38N6O4/c1-5-41-30(39)27-20(4)34-28(37-27)25(16-22-18-32-24-14-10-9-13-23(22)24)35-29(38)26(15-19(2)3)36-31(40)33-17-21-11-7-6-8-12-21/h6-14,18-19,25-26,32H,5,15-17H2,1-4H3,(H,34,37)(H,35,38)(H2,33,36,40)/t25-,26?/m1/s1. The van der Waals surface area contributed by atoms with Gasteiger partial charge in [0.05, 0.1) is 12.6 Å². The normalized spacial score (nSPS) is 12.6. The largest absolute Gasteiger partial charge is 0.461 e. The molecule has 0 aliphatic carbocycles. The number of carbonyl (C=O) groups is 3. The molecule has 3 amide bonds. The fourth-order valence-electron chi connectivity index (χ4n) is 4.75. The number of aryl methyl sites for hydroxylation is 1. The Bertz CT molecular complexity index is 1480. The molecule has 0 aliphatic rings. The van der Waals surface area contributed by atoms with E-state index in [-0.39, 0.29) is 24.1 Å². The molecule has 216 valence electrons. The molecule has 10 nitrogen and oxygen atoms in total. The number of esters is 1. The summed E-state index contributed by atoms with van der Waals surface area (Å²) in [5.41, 5.74) is 3.64. The minimum Gasteiger partial charge on any atom is -0.461 e. The summed E-state index contributed by atoms with van der Waals surface area (Å²) in [4.78, 5) is 49.9. The first-order valence-corrected chi connectivity index (χ1v) is 13.9. The molecule has 0 saturated carbocycles. The van der Waals surface area contributed by atoms with Crippen molar-refractivity contribution < 1.29 is 19.1 Å². The highest BCUT2D eigenvalue weighted by molar-refractivity contribution is 5.89. The van der Waals surface area contributed by atoms with Crippen LogP contribution in [0.2, 0.25) is 0 Å². The van der Waals surface area contributed by atoms with E-state index in [9.17, 15) is 14.4 Å². The van der Waals surface area contributed by atoms with Crippen molar-refractivity contribution in [2.45, 2.75) is 59.2 Å². The number of rotatable bonds is 12. The molecule has 0 fully saturated rings. The van der Waals surface area contributed by atoms with Gasteiger partial charge in [0, 0.05) is 35.8 Å². The number of urea groups is 1. The van der Waals surface area contributed by atoms with Crippen molar-refractivity contribution in [3.05, 3.63) is 89.1 Å². The predicted molar refractivity (Wildman–Crippen MR) is 157 cm³/mol. The van der Waals surface area contributed by atoms with Gasteiger partial charge in [-0.1, -0.05) is 62.4 Å². The molecule has 41 heavy (non-hydrogen) atoms. The number of imidazole rings is 1. The van der Waals surface area contributed by atoms with Crippen LogP contribution in [0.4, 0.5) is 4.79 Å². The molecule has 10 heteroatoms. The van der Waals surface area contributed by atoms with E-state index in [1.54, 1.807) is 13.8 Å². The number of aromatic amines is 2. The van der Waals surface area contributed by atoms with Crippen LogP contribution in [0.1, 0.15) is 66.4 Å². The van der Waals surface area contributed by atoms with Gasteiger partial charge >= 0.3 is 12.0 Å². The third-order valence-electron chi connectivity index (χ3n) is 6.74. The van der Waals surface area contributed by atoms with Crippen LogP contribution < -0.4 is 16.0 Å². The zero-order valence-corrected chi connectivity index (χ0v) is 23.9. The second-order valence-corrected chi connectivity index (χ2v) is 10.4. The molecule has 0 radical (unpaired) electrons. The quantitative estimate of drug-likeness (QED) is 0.160. The summed E-state index contributed by atoms with van der Waals surface area (Å²) in [7, 11) is 0. The van der Waals surface area contributed by atoms with Gasteiger partial charge in [0.1, 0.15) is 11.9 Å². The van der Waals surface area contributed by atoms with E-state index >= 15 is 0 Å². The van der Waals surface area contributed by atoms with E-state index in [1.165, 1.54) is 0 Å². The molecule has 0 spiro atoms. The number of nitrogens with zero attached hydrogens (tertiary/aromatic N) is 1. The van der Waals surface area contributed by atoms with Crippen LogP contribution in [-0.2, 0) is 22.5 Å². The fraction of sp³-hybridized carbons (Fsp3) is 0.355. The van der Waals surface area contributed by atoms with Gasteiger partial charge < -0.3 is 30.7 Å². The van der Waals surface area contributed by atoms with Crippen molar-refractivity contribution in [2.24, 2.45) is 5.92 Å². The molecule has 0 bridgehead atoms. The molecule has 2 heterocycles. The highest BCUT2D eigenvalue weighted by Gasteiger charge is 2.28. The van der Waals surface area contributed by atoms with Gasteiger partial charge in [-0.3, -0.25) is 4.79 Å².